The van der Waals surface area contributed by atoms with Crippen LogP contribution in [0.25, 0.3) is 0 Å². The topological polar surface area (TPSA) is 78.4 Å². The van der Waals surface area contributed by atoms with Gasteiger partial charge in [-0.3, -0.25) is 4.79 Å². The van der Waals surface area contributed by atoms with Gasteiger partial charge in [-0.1, -0.05) is 13.3 Å². The molecule has 1 saturated carbocycles. The molecule has 1 aliphatic rings. The molecule has 0 saturated heterocycles. The number of carbonyl (C=O) groups is 2. The van der Waals surface area contributed by atoms with Crippen LogP contribution in [0.1, 0.15) is 60.3 Å². The number of amides is 2. The van der Waals surface area contributed by atoms with Gasteiger partial charge in [0.1, 0.15) is 0 Å². The van der Waals surface area contributed by atoms with E-state index in [0.717, 1.165) is 12.8 Å². The number of carbonyl (C=O) groups excluding carboxylic acids is 1. The molecule has 0 aromatic heterocycles. The van der Waals surface area contributed by atoms with Crippen molar-refractivity contribution in [3.8, 4) is 0 Å². The lowest BCUT2D eigenvalue weighted by Gasteiger charge is -2.38. The summed E-state index contributed by atoms with van der Waals surface area (Å²) in [5.74, 6) is -0.924. The minimum absolute atomic E-state index is 0.285. The molecule has 2 amide bonds. The Morgan fingerprint density at radius 1 is 1.20 bits per heavy atom. The summed E-state index contributed by atoms with van der Waals surface area (Å²) in [6.45, 7) is 9.54. The molecule has 20 heavy (non-hydrogen) atoms. The molecule has 1 fully saturated rings. The lowest BCUT2D eigenvalue weighted by molar-refractivity contribution is -0.150. The van der Waals surface area contributed by atoms with E-state index in [1.807, 2.05) is 0 Å². The minimum atomic E-state index is -1.04. The van der Waals surface area contributed by atoms with E-state index in [1.54, 1.807) is 27.7 Å². The van der Waals surface area contributed by atoms with Crippen molar-refractivity contribution in [2.45, 2.75) is 65.8 Å². The Hall–Kier alpha value is -1.26. The Morgan fingerprint density at radius 2 is 1.75 bits per heavy atom. The third kappa shape index (κ3) is 3.64. The van der Waals surface area contributed by atoms with Gasteiger partial charge in [-0.15, -0.1) is 0 Å². The van der Waals surface area contributed by atoms with Crippen LogP contribution in [0.4, 0.5) is 4.79 Å². The SMILES string of the molecule is CCCC1(CNC(=O)NC(C)(C)C(C)(C)C(=O)O)CC1. The molecular weight excluding hydrogens is 256 g/mol. The molecule has 0 aromatic rings. The second kappa shape index (κ2) is 5.62. The van der Waals surface area contributed by atoms with Crippen LogP contribution in [0.15, 0.2) is 0 Å². The van der Waals surface area contributed by atoms with Crippen molar-refractivity contribution in [1.82, 2.24) is 10.6 Å². The summed E-state index contributed by atoms with van der Waals surface area (Å²) >= 11 is 0. The summed E-state index contributed by atoms with van der Waals surface area (Å²) in [6.07, 6.45) is 4.61. The number of carboxylic acid groups (broad SMARTS) is 1. The molecule has 0 bridgehead atoms. The summed E-state index contributed by atoms with van der Waals surface area (Å²) in [6, 6.07) is -0.285. The highest BCUT2D eigenvalue weighted by atomic mass is 16.4. The van der Waals surface area contributed by atoms with Crippen molar-refractivity contribution in [2.24, 2.45) is 10.8 Å². The zero-order valence-corrected chi connectivity index (χ0v) is 13.3. The fourth-order valence-corrected chi connectivity index (χ4v) is 2.24. The number of hydrogen-bond acceptors (Lipinski definition) is 2. The van der Waals surface area contributed by atoms with Crippen LogP contribution < -0.4 is 10.6 Å². The highest BCUT2D eigenvalue weighted by Gasteiger charge is 2.45. The second-order valence-electron chi connectivity index (χ2n) is 7.11. The van der Waals surface area contributed by atoms with Crippen LogP contribution in [-0.4, -0.2) is 29.2 Å². The Bertz CT molecular complexity index is 385. The van der Waals surface area contributed by atoms with Crippen LogP contribution >= 0.6 is 0 Å². The van der Waals surface area contributed by atoms with Gasteiger partial charge in [-0.05, 0) is 52.4 Å². The van der Waals surface area contributed by atoms with Gasteiger partial charge in [-0.2, -0.15) is 0 Å². The van der Waals surface area contributed by atoms with Crippen LogP contribution in [0.3, 0.4) is 0 Å². The van der Waals surface area contributed by atoms with E-state index in [-0.39, 0.29) is 6.03 Å². The highest BCUT2D eigenvalue weighted by molar-refractivity contribution is 5.79. The minimum Gasteiger partial charge on any atom is -0.481 e. The maximum absolute atomic E-state index is 12.0. The second-order valence-corrected chi connectivity index (χ2v) is 7.11. The molecule has 1 rings (SSSR count). The first-order valence-electron chi connectivity index (χ1n) is 7.36. The van der Waals surface area contributed by atoms with Gasteiger partial charge in [0.25, 0.3) is 0 Å². The normalized spacial score (nSPS) is 17.4. The van der Waals surface area contributed by atoms with Crippen LogP contribution in [0.2, 0.25) is 0 Å². The van der Waals surface area contributed by atoms with Crippen molar-refractivity contribution >= 4 is 12.0 Å². The predicted octanol–water partition coefficient (Wildman–Crippen LogP) is 2.76. The van der Waals surface area contributed by atoms with E-state index in [2.05, 4.69) is 17.6 Å². The third-order valence-electron chi connectivity index (χ3n) is 4.88. The van der Waals surface area contributed by atoms with Crippen molar-refractivity contribution < 1.29 is 14.7 Å². The monoisotopic (exact) mass is 284 g/mol. The maximum Gasteiger partial charge on any atom is 0.315 e. The van der Waals surface area contributed by atoms with Gasteiger partial charge < -0.3 is 15.7 Å². The lowest BCUT2D eigenvalue weighted by atomic mass is 9.74. The highest BCUT2D eigenvalue weighted by Crippen LogP contribution is 2.48. The zero-order chi connectivity index (χ0) is 15.6. The molecule has 3 N–H and O–H groups in total. The molecule has 0 heterocycles. The van der Waals surface area contributed by atoms with Crippen LogP contribution in [0.5, 0.6) is 0 Å². The Labute approximate surface area is 121 Å². The van der Waals surface area contributed by atoms with Crippen LogP contribution in [0, 0.1) is 10.8 Å². The van der Waals surface area contributed by atoms with Crippen molar-refractivity contribution in [3.05, 3.63) is 0 Å². The molecule has 0 unspecified atom stereocenters. The Morgan fingerprint density at radius 3 is 2.15 bits per heavy atom. The summed E-state index contributed by atoms with van der Waals surface area (Å²) in [4.78, 5) is 23.3. The lowest BCUT2D eigenvalue weighted by Crippen LogP contribution is -2.59. The number of urea groups is 1. The maximum atomic E-state index is 12.0. The van der Waals surface area contributed by atoms with E-state index >= 15 is 0 Å². The predicted molar refractivity (Wildman–Crippen MR) is 78.6 cm³/mol. The van der Waals surface area contributed by atoms with Gasteiger partial charge in [0.15, 0.2) is 0 Å². The largest absolute Gasteiger partial charge is 0.481 e. The number of rotatable bonds is 7. The Balaban J connectivity index is 2.51. The Kier molecular flexibility index (Phi) is 4.72. The van der Waals surface area contributed by atoms with Crippen molar-refractivity contribution in [2.75, 3.05) is 6.54 Å². The van der Waals surface area contributed by atoms with Crippen molar-refractivity contribution in [1.29, 1.82) is 0 Å². The molecule has 5 heteroatoms. The average molecular weight is 284 g/mol. The van der Waals surface area contributed by atoms with Gasteiger partial charge in [0.05, 0.1) is 11.0 Å². The summed E-state index contributed by atoms with van der Waals surface area (Å²) in [5, 5.41) is 14.9. The first-order valence-corrected chi connectivity index (χ1v) is 7.36. The van der Waals surface area contributed by atoms with Gasteiger partial charge >= 0.3 is 12.0 Å². The number of hydrogen-bond donors (Lipinski definition) is 3. The van der Waals surface area contributed by atoms with Gasteiger partial charge in [0, 0.05) is 6.54 Å². The molecule has 0 aliphatic heterocycles. The van der Waals surface area contributed by atoms with E-state index in [4.69, 9.17) is 0 Å². The molecule has 5 nitrogen and oxygen atoms in total. The fraction of sp³-hybridized carbons (Fsp3) is 0.867. The first kappa shape index (κ1) is 16.8. The molecule has 0 atom stereocenters. The number of carboxylic acids is 1. The van der Waals surface area contributed by atoms with E-state index in [0.29, 0.717) is 12.0 Å². The molecular formula is C15H28N2O3. The van der Waals surface area contributed by atoms with E-state index in [9.17, 15) is 14.7 Å². The molecule has 116 valence electrons. The summed E-state index contributed by atoms with van der Waals surface area (Å²) in [5.41, 5.74) is -1.58. The molecule has 0 spiro atoms. The van der Waals surface area contributed by atoms with E-state index in [1.165, 1.54) is 12.8 Å². The van der Waals surface area contributed by atoms with Gasteiger partial charge in [-0.25, -0.2) is 4.79 Å². The fourth-order valence-electron chi connectivity index (χ4n) is 2.24. The van der Waals surface area contributed by atoms with Crippen LogP contribution in [-0.2, 0) is 4.79 Å². The summed E-state index contributed by atoms with van der Waals surface area (Å²) in [7, 11) is 0. The quantitative estimate of drug-likeness (QED) is 0.672. The standard InChI is InChI=1S/C15H28N2O3/c1-6-7-15(8-9-15)10-16-12(20)17-14(4,5)13(2,3)11(18)19/h6-10H2,1-5H3,(H,18,19)(H2,16,17,20). The molecule has 1 aliphatic carbocycles. The first-order chi connectivity index (χ1) is 9.06. The van der Waals surface area contributed by atoms with E-state index < -0.39 is 16.9 Å². The third-order valence-corrected chi connectivity index (χ3v) is 4.88. The van der Waals surface area contributed by atoms with Gasteiger partial charge in [0.2, 0.25) is 0 Å². The molecule has 0 aromatic carbocycles. The average Bonchev–Trinajstić information content (AvgIpc) is 3.06. The number of aliphatic carboxylic acids is 1. The molecule has 0 radical (unpaired) electrons. The van der Waals surface area contributed by atoms with Crippen molar-refractivity contribution in [3.63, 3.8) is 0 Å². The zero-order valence-electron chi connectivity index (χ0n) is 13.3. The summed E-state index contributed by atoms with van der Waals surface area (Å²) < 4.78 is 0. The number of nitrogens with one attached hydrogen (secondary N) is 2. The smallest absolute Gasteiger partial charge is 0.315 e.